The van der Waals surface area contributed by atoms with E-state index in [1.165, 1.54) is 7.11 Å². The molecule has 0 amide bonds. The normalized spacial score (nSPS) is 32.6. The number of carbonyl (C=O) groups excluding carboxylic acids is 1. The van der Waals surface area contributed by atoms with E-state index in [1.807, 2.05) is 17.8 Å². The standard InChI is InChI=1S/C22H38O4S/c1-4-5-8-15(2)19(23)12-11-17-18-13-16(27-21(18)14-20(17)24)9-6-7-10-22(25)26-3/h11-12,15-21,23-24H,4-10,13-14H2,1-3H3/b12-11+/t15-,16?,17+,18+,19+,20+,21+/m0/s1. The average Bonchev–Trinajstić information content (AvgIpc) is 3.17. The van der Waals surface area contributed by atoms with Crippen LogP contribution in [0.4, 0.5) is 0 Å². The molecule has 0 aromatic rings. The Bertz CT molecular complexity index is 481. The molecule has 1 aliphatic carbocycles. The summed E-state index contributed by atoms with van der Waals surface area (Å²) in [5.41, 5.74) is 0. The third kappa shape index (κ3) is 6.79. The summed E-state index contributed by atoms with van der Waals surface area (Å²) in [6.45, 7) is 4.28. The van der Waals surface area contributed by atoms with Gasteiger partial charge in [0, 0.05) is 22.8 Å². The topological polar surface area (TPSA) is 66.8 Å². The highest BCUT2D eigenvalue weighted by Crippen LogP contribution is 2.52. The van der Waals surface area contributed by atoms with Crippen molar-refractivity contribution in [3.63, 3.8) is 0 Å². The predicted octanol–water partition coefficient (Wildman–Crippen LogP) is 4.33. The highest BCUT2D eigenvalue weighted by Gasteiger charge is 2.47. The van der Waals surface area contributed by atoms with Crippen molar-refractivity contribution in [1.82, 2.24) is 0 Å². The second-order valence-electron chi connectivity index (χ2n) is 8.39. The Labute approximate surface area is 169 Å². The van der Waals surface area contributed by atoms with Crippen molar-refractivity contribution in [2.45, 2.75) is 94.3 Å². The van der Waals surface area contributed by atoms with Gasteiger partial charge in [-0.1, -0.05) is 45.3 Å². The van der Waals surface area contributed by atoms with Crippen molar-refractivity contribution in [1.29, 1.82) is 0 Å². The summed E-state index contributed by atoms with van der Waals surface area (Å²) >= 11 is 2.03. The van der Waals surface area contributed by atoms with Gasteiger partial charge in [-0.25, -0.2) is 0 Å². The number of rotatable bonds is 11. The minimum absolute atomic E-state index is 0.119. The van der Waals surface area contributed by atoms with Gasteiger partial charge in [-0.05, 0) is 43.9 Å². The van der Waals surface area contributed by atoms with E-state index in [0.29, 0.717) is 22.8 Å². The average molecular weight is 399 g/mol. The van der Waals surface area contributed by atoms with E-state index in [9.17, 15) is 15.0 Å². The Morgan fingerprint density at radius 1 is 1.30 bits per heavy atom. The van der Waals surface area contributed by atoms with Crippen molar-refractivity contribution in [3.8, 4) is 0 Å². The van der Waals surface area contributed by atoms with Gasteiger partial charge in [0.2, 0.25) is 0 Å². The fraction of sp³-hybridized carbons (Fsp3) is 0.864. The van der Waals surface area contributed by atoms with E-state index in [1.54, 1.807) is 0 Å². The molecule has 0 aromatic heterocycles. The molecule has 0 aromatic carbocycles. The molecule has 5 heteroatoms. The molecule has 1 saturated heterocycles. The number of aliphatic hydroxyl groups excluding tert-OH is 2. The fourth-order valence-corrected chi connectivity index (χ4v) is 6.44. The number of hydrogen-bond acceptors (Lipinski definition) is 5. The molecule has 2 fully saturated rings. The number of aliphatic hydroxyl groups is 2. The van der Waals surface area contributed by atoms with E-state index in [-0.39, 0.29) is 23.9 Å². The van der Waals surface area contributed by atoms with Crippen molar-refractivity contribution in [2.75, 3.05) is 7.11 Å². The van der Waals surface area contributed by atoms with Crippen molar-refractivity contribution < 1.29 is 19.7 Å². The zero-order valence-corrected chi connectivity index (χ0v) is 18.0. The van der Waals surface area contributed by atoms with E-state index < -0.39 is 6.10 Å². The van der Waals surface area contributed by atoms with Crippen molar-refractivity contribution in [3.05, 3.63) is 12.2 Å². The highest BCUT2D eigenvalue weighted by atomic mass is 32.2. The fourth-order valence-electron chi connectivity index (χ4n) is 4.50. The third-order valence-corrected chi connectivity index (χ3v) is 8.01. The van der Waals surface area contributed by atoms with Crippen molar-refractivity contribution >= 4 is 17.7 Å². The maximum atomic E-state index is 11.2. The molecule has 0 spiro atoms. The largest absolute Gasteiger partial charge is 0.469 e. The van der Waals surface area contributed by atoms with Crippen LogP contribution in [0.1, 0.15) is 71.6 Å². The number of ether oxygens (including phenoxy) is 1. The van der Waals surface area contributed by atoms with Gasteiger partial charge in [0.15, 0.2) is 0 Å². The van der Waals surface area contributed by atoms with Crippen LogP contribution in [0.5, 0.6) is 0 Å². The molecule has 2 N–H and O–H groups in total. The molecule has 0 radical (unpaired) electrons. The van der Waals surface area contributed by atoms with Gasteiger partial charge in [0.1, 0.15) is 0 Å². The predicted molar refractivity (Wildman–Crippen MR) is 112 cm³/mol. The van der Waals surface area contributed by atoms with Crippen LogP contribution in [0, 0.1) is 17.8 Å². The summed E-state index contributed by atoms with van der Waals surface area (Å²) in [5.74, 6) is 0.850. The molecule has 2 rings (SSSR count). The molecule has 1 saturated carbocycles. The van der Waals surface area contributed by atoms with Gasteiger partial charge >= 0.3 is 5.97 Å². The monoisotopic (exact) mass is 398 g/mol. The van der Waals surface area contributed by atoms with Gasteiger partial charge < -0.3 is 14.9 Å². The quantitative estimate of drug-likeness (QED) is 0.308. The number of unbranched alkanes of at least 4 members (excludes halogenated alkanes) is 2. The lowest BCUT2D eigenvalue weighted by atomic mass is 9.88. The second-order valence-corrected chi connectivity index (χ2v) is 9.94. The first kappa shape index (κ1) is 22.8. The summed E-state index contributed by atoms with van der Waals surface area (Å²) in [4.78, 5) is 11.2. The van der Waals surface area contributed by atoms with Crippen LogP contribution in [0.15, 0.2) is 12.2 Å². The number of thioether (sulfide) groups is 1. The van der Waals surface area contributed by atoms with Crippen LogP contribution in [0.25, 0.3) is 0 Å². The zero-order valence-electron chi connectivity index (χ0n) is 17.2. The van der Waals surface area contributed by atoms with E-state index in [2.05, 4.69) is 19.9 Å². The van der Waals surface area contributed by atoms with E-state index >= 15 is 0 Å². The first-order valence-corrected chi connectivity index (χ1v) is 11.7. The Morgan fingerprint density at radius 2 is 2.07 bits per heavy atom. The molecule has 27 heavy (non-hydrogen) atoms. The molecule has 2 aliphatic rings. The second kappa shape index (κ2) is 11.5. The number of carbonyl (C=O) groups is 1. The van der Waals surface area contributed by atoms with E-state index in [0.717, 1.165) is 51.4 Å². The summed E-state index contributed by atoms with van der Waals surface area (Å²) in [7, 11) is 1.44. The van der Waals surface area contributed by atoms with Gasteiger partial charge in [-0.15, -0.1) is 0 Å². The molecule has 7 atom stereocenters. The summed E-state index contributed by atoms with van der Waals surface area (Å²) in [6, 6.07) is 0. The Hall–Kier alpha value is -0.520. The molecule has 1 aliphatic heterocycles. The minimum Gasteiger partial charge on any atom is -0.469 e. The summed E-state index contributed by atoms with van der Waals surface area (Å²) < 4.78 is 4.69. The number of esters is 1. The van der Waals surface area contributed by atoms with Crippen LogP contribution in [0.3, 0.4) is 0 Å². The molecule has 0 bridgehead atoms. The van der Waals surface area contributed by atoms with Crippen LogP contribution in [0.2, 0.25) is 0 Å². The van der Waals surface area contributed by atoms with Crippen LogP contribution >= 0.6 is 11.8 Å². The number of hydrogen-bond donors (Lipinski definition) is 2. The van der Waals surface area contributed by atoms with Gasteiger partial charge in [0.05, 0.1) is 19.3 Å². The first-order chi connectivity index (χ1) is 13.0. The third-order valence-electron chi connectivity index (χ3n) is 6.30. The zero-order chi connectivity index (χ0) is 19.8. The van der Waals surface area contributed by atoms with Crippen LogP contribution in [-0.2, 0) is 9.53 Å². The highest BCUT2D eigenvalue weighted by molar-refractivity contribution is 8.00. The van der Waals surface area contributed by atoms with E-state index in [4.69, 9.17) is 4.74 Å². The number of methoxy groups -OCH3 is 1. The van der Waals surface area contributed by atoms with Crippen molar-refractivity contribution in [2.24, 2.45) is 17.8 Å². The lowest BCUT2D eigenvalue weighted by Crippen LogP contribution is -2.20. The summed E-state index contributed by atoms with van der Waals surface area (Å²) in [6.07, 6.45) is 12.3. The van der Waals surface area contributed by atoms with Gasteiger partial charge in [-0.2, -0.15) is 11.8 Å². The maximum absolute atomic E-state index is 11.2. The van der Waals surface area contributed by atoms with Gasteiger partial charge in [-0.3, -0.25) is 4.79 Å². The minimum atomic E-state index is -0.411. The first-order valence-electron chi connectivity index (χ1n) is 10.7. The lowest BCUT2D eigenvalue weighted by Gasteiger charge is -2.20. The van der Waals surface area contributed by atoms with Gasteiger partial charge in [0.25, 0.3) is 0 Å². The lowest BCUT2D eigenvalue weighted by molar-refractivity contribution is -0.140. The molecule has 1 unspecified atom stereocenters. The number of fused-ring (bicyclic) bond motifs is 1. The Kier molecular flexibility index (Phi) is 9.67. The molecule has 1 heterocycles. The molecular weight excluding hydrogens is 360 g/mol. The van der Waals surface area contributed by atoms with Crippen LogP contribution < -0.4 is 0 Å². The molecule has 4 nitrogen and oxygen atoms in total. The molecular formula is C22H38O4S. The summed E-state index contributed by atoms with van der Waals surface area (Å²) in [5, 5.41) is 22.0. The molecule has 156 valence electrons. The maximum Gasteiger partial charge on any atom is 0.305 e. The van der Waals surface area contributed by atoms with Crippen LogP contribution in [-0.4, -0.2) is 46.0 Å². The SMILES string of the molecule is CCCC[C@H](C)[C@H](O)/C=C/[C@@H]1[C@H]2CC(CCCCC(=O)OC)S[C@@H]2C[C@H]1O. The smallest absolute Gasteiger partial charge is 0.305 e. The Morgan fingerprint density at radius 3 is 2.78 bits per heavy atom. The Balaban J connectivity index is 1.78.